The lowest BCUT2D eigenvalue weighted by atomic mass is 10.1. The van der Waals surface area contributed by atoms with Crippen LogP contribution in [0.3, 0.4) is 0 Å². The molecule has 3 rings (SSSR count). The van der Waals surface area contributed by atoms with Gasteiger partial charge in [-0.1, -0.05) is 55.1 Å². The van der Waals surface area contributed by atoms with Crippen molar-refractivity contribution >= 4 is 56.3 Å². The maximum atomic E-state index is 12.3. The lowest BCUT2D eigenvalue weighted by Gasteiger charge is -2.12. The zero-order valence-corrected chi connectivity index (χ0v) is 16.1. The largest absolute Gasteiger partial charge is 0.324 e. The molecule has 0 radical (unpaired) electrons. The second-order valence-corrected chi connectivity index (χ2v) is 7.68. The van der Waals surface area contributed by atoms with Crippen LogP contribution in [0.1, 0.15) is 32.6 Å². The first-order chi connectivity index (χ1) is 12.1. The summed E-state index contributed by atoms with van der Waals surface area (Å²) in [6, 6.07) is 11.4. The molecule has 1 heterocycles. The molecule has 0 aliphatic rings. The summed E-state index contributed by atoms with van der Waals surface area (Å²) < 4.78 is 1.08. The number of anilines is 1. The summed E-state index contributed by atoms with van der Waals surface area (Å²) >= 11 is 14.1. The third kappa shape index (κ3) is 4.32. The van der Waals surface area contributed by atoms with E-state index in [1.54, 1.807) is 23.5 Å². The Morgan fingerprint density at radius 2 is 2.00 bits per heavy atom. The van der Waals surface area contributed by atoms with Crippen LogP contribution in [0.25, 0.3) is 20.8 Å². The standard InChI is InChI=1S/C19H18Cl2N2OS/c1-2-3-4-9-17(24)23-18-13(10-12(20)11-14(18)21)19-22-15-7-5-6-8-16(15)25-19/h5-8,10-11H,2-4,9H2,1H3,(H,23,24). The molecule has 25 heavy (non-hydrogen) atoms. The van der Waals surface area contributed by atoms with Crippen LogP contribution in [0.4, 0.5) is 5.69 Å². The van der Waals surface area contributed by atoms with E-state index in [-0.39, 0.29) is 5.91 Å². The van der Waals surface area contributed by atoms with Crippen molar-refractivity contribution in [3.8, 4) is 10.6 Å². The molecule has 3 aromatic rings. The molecule has 3 nitrogen and oxygen atoms in total. The molecule has 0 saturated heterocycles. The quantitative estimate of drug-likeness (QED) is 0.469. The molecular weight excluding hydrogens is 375 g/mol. The Morgan fingerprint density at radius 3 is 2.76 bits per heavy atom. The number of aromatic nitrogens is 1. The monoisotopic (exact) mass is 392 g/mol. The van der Waals surface area contributed by atoms with Crippen LogP contribution in [-0.2, 0) is 4.79 Å². The molecule has 0 atom stereocenters. The number of nitrogens with one attached hydrogen (secondary N) is 1. The number of unbranched alkanes of at least 4 members (excludes halogenated alkanes) is 2. The van der Waals surface area contributed by atoms with Crippen molar-refractivity contribution in [3.05, 3.63) is 46.4 Å². The Balaban J connectivity index is 1.96. The number of rotatable bonds is 6. The number of fused-ring (bicyclic) bond motifs is 1. The Hall–Kier alpha value is -1.62. The average Bonchev–Trinajstić information content (AvgIpc) is 3.01. The number of hydrogen-bond acceptors (Lipinski definition) is 3. The summed E-state index contributed by atoms with van der Waals surface area (Å²) in [4.78, 5) is 16.9. The van der Waals surface area contributed by atoms with Gasteiger partial charge in [0.1, 0.15) is 5.01 Å². The third-order valence-corrected chi connectivity index (χ3v) is 5.44. The normalized spacial score (nSPS) is 11.0. The van der Waals surface area contributed by atoms with E-state index in [2.05, 4.69) is 17.2 Å². The number of thiazole rings is 1. The van der Waals surface area contributed by atoms with Gasteiger partial charge in [-0.25, -0.2) is 4.98 Å². The van der Waals surface area contributed by atoms with Gasteiger partial charge < -0.3 is 5.32 Å². The molecule has 1 amide bonds. The minimum Gasteiger partial charge on any atom is -0.324 e. The van der Waals surface area contributed by atoms with E-state index < -0.39 is 0 Å². The number of nitrogens with zero attached hydrogens (tertiary/aromatic N) is 1. The summed E-state index contributed by atoms with van der Waals surface area (Å²) in [5.41, 5.74) is 2.24. The van der Waals surface area contributed by atoms with Crippen molar-refractivity contribution in [1.29, 1.82) is 0 Å². The Bertz CT molecular complexity index is 875. The molecule has 0 unspecified atom stereocenters. The van der Waals surface area contributed by atoms with Crippen LogP contribution < -0.4 is 5.32 Å². The number of hydrogen-bond donors (Lipinski definition) is 1. The molecular formula is C19H18Cl2N2OS. The number of benzene rings is 2. The maximum Gasteiger partial charge on any atom is 0.224 e. The second-order valence-electron chi connectivity index (χ2n) is 5.80. The van der Waals surface area contributed by atoms with E-state index in [9.17, 15) is 4.79 Å². The first-order valence-corrected chi connectivity index (χ1v) is 9.80. The lowest BCUT2D eigenvalue weighted by molar-refractivity contribution is -0.116. The van der Waals surface area contributed by atoms with E-state index >= 15 is 0 Å². The number of amides is 1. The molecule has 0 fully saturated rings. The van der Waals surface area contributed by atoms with E-state index in [0.717, 1.165) is 40.1 Å². The Labute approximate surface area is 161 Å². The van der Waals surface area contributed by atoms with Crippen LogP contribution in [0.2, 0.25) is 10.0 Å². The topological polar surface area (TPSA) is 42.0 Å². The van der Waals surface area contributed by atoms with Crippen molar-refractivity contribution < 1.29 is 4.79 Å². The second kappa shape index (κ2) is 8.17. The number of carbonyl (C=O) groups is 1. The summed E-state index contributed by atoms with van der Waals surface area (Å²) in [5, 5.41) is 4.67. The number of carbonyl (C=O) groups excluding carboxylic acids is 1. The summed E-state index contributed by atoms with van der Waals surface area (Å²) in [6.07, 6.45) is 3.45. The van der Waals surface area contributed by atoms with E-state index in [4.69, 9.17) is 23.2 Å². The number of para-hydroxylation sites is 1. The highest BCUT2D eigenvalue weighted by Gasteiger charge is 2.17. The summed E-state index contributed by atoms with van der Waals surface area (Å²) in [5.74, 6) is -0.0416. The van der Waals surface area contributed by atoms with Crippen molar-refractivity contribution in [2.75, 3.05) is 5.32 Å². The van der Waals surface area contributed by atoms with Gasteiger partial charge in [-0.05, 0) is 30.7 Å². The van der Waals surface area contributed by atoms with Crippen LogP contribution in [0.5, 0.6) is 0 Å². The van der Waals surface area contributed by atoms with E-state index in [1.807, 2.05) is 24.3 Å². The van der Waals surface area contributed by atoms with E-state index in [0.29, 0.717) is 22.2 Å². The minimum atomic E-state index is -0.0416. The first kappa shape index (κ1) is 18.2. The molecule has 0 aliphatic heterocycles. The van der Waals surface area contributed by atoms with Gasteiger partial charge in [-0.15, -0.1) is 11.3 Å². The van der Waals surface area contributed by atoms with Crippen LogP contribution >= 0.6 is 34.5 Å². The molecule has 130 valence electrons. The minimum absolute atomic E-state index is 0.0416. The third-order valence-electron chi connectivity index (χ3n) is 3.85. The van der Waals surface area contributed by atoms with Gasteiger partial charge in [0.05, 0.1) is 20.9 Å². The van der Waals surface area contributed by atoms with Crippen LogP contribution in [-0.4, -0.2) is 10.9 Å². The first-order valence-electron chi connectivity index (χ1n) is 8.23. The zero-order valence-electron chi connectivity index (χ0n) is 13.8. The molecule has 2 aromatic carbocycles. The van der Waals surface area contributed by atoms with Crippen molar-refractivity contribution in [2.45, 2.75) is 32.6 Å². The van der Waals surface area contributed by atoms with Crippen molar-refractivity contribution in [3.63, 3.8) is 0 Å². The van der Waals surface area contributed by atoms with Crippen LogP contribution in [0, 0.1) is 0 Å². The highest BCUT2D eigenvalue weighted by atomic mass is 35.5. The SMILES string of the molecule is CCCCCC(=O)Nc1c(Cl)cc(Cl)cc1-c1nc2ccccc2s1. The lowest BCUT2D eigenvalue weighted by Crippen LogP contribution is -2.12. The fourth-order valence-electron chi connectivity index (χ4n) is 2.59. The van der Waals surface area contributed by atoms with Gasteiger partial charge in [-0.3, -0.25) is 4.79 Å². The molecule has 0 aliphatic carbocycles. The van der Waals surface area contributed by atoms with Gasteiger partial charge in [-0.2, -0.15) is 0 Å². The Morgan fingerprint density at radius 1 is 1.20 bits per heavy atom. The Kier molecular flexibility index (Phi) is 5.94. The highest BCUT2D eigenvalue weighted by molar-refractivity contribution is 7.21. The fraction of sp³-hybridized carbons (Fsp3) is 0.263. The van der Waals surface area contributed by atoms with Gasteiger partial charge >= 0.3 is 0 Å². The smallest absolute Gasteiger partial charge is 0.224 e. The summed E-state index contributed by atoms with van der Waals surface area (Å²) in [6.45, 7) is 2.11. The molecule has 1 N–H and O–H groups in total. The predicted molar refractivity (Wildman–Crippen MR) is 108 cm³/mol. The van der Waals surface area contributed by atoms with E-state index in [1.165, 1.54) is 0 Å². The zero-order chi connectivity index (χ0) is 17.8. The fourth-order valence-corrected chi connectivity index (χ4v) is 4.12. The molecule has 0 bridgehead atoms. The molecule has 1 aromatic heterocycles. The van der Waals surface area contributed by atoms with Crippen molar-refractivity contribution in [2.24, 2.45) is 0 Å². The molecule has 0 saturated carbocycles. The van der Waals surface area contributed by atoms with Crippen molar-refractivity contribution in [1.82, 2.24) is 4.98 Å². The van der Waals surface area contributed by atoms with Crippen LogP contribution in [0.15, 0.2) is 36.4 Å². The predicted octanol–water partition coefficient (Wildman–Crippen LogP) is 6.79. The number of halogens is 2. The summed E-state index contributed by atoms with van der Waals surface area (Å²) in [7, 11) is 0. The molecule has 6 heteroatoms. The average molecular weight is 393 g/mol. The van der Waals surface area contributed by atoms with Gasteiger partial charge in [0.2, 0.25) is 5.91 Å². The van der Waals surface area contributed by atoms with Gasteiger partial charge in [0.25, 0.3) is 0 Å². The highest BCUT2D eigenvalue weighted by Crippen LogP contribution is 2.40. The maximum absolute atomic E-state index is 12.3. The molecule has 0 spiro atoms. The van der Waals surface area contributed by atoms with Gasteiger partial charge in [0.15, 0.2) is 0 Å². The van der Waals surface area contributed by atoms with Gasteiger partial charge in [0, 0.05) is 17.0 Å².